The van der Waals surface area contributed by atoms with E-state index in [0.717, 1.165) is 50.2 Å². The van der Waals surface area contributed by atoms with Gasteiger partial charge >= 0.3 is 0 Å². The van der Waals surface area contributed by atoms with Crippen molar-refractivity contribution in [2.75, 3.05) is 51.3 Å². The SMILES string of the molecule is CCNC(=NCC(OC)c1cccc(Cl)c1)N1CCN(c2ncccn2)CC1.I. The number of hydrogen-bond acceptors (Lipinski definition) is 5. The van der Waals surface area contributed by atoms with Gasteiger partial charge in [-0.2, -0.15) is 0 Å². The molecule has 158 valence electrons. The Labute approximate surface area is 194 Å². The molecule has 1 saturated heterocycles. The molecule has 1 fully saturated rings. The Morgan fingerprint density at radius 2 is 1.93 bits per heavy atom. The van der Waals surface area contributed by atoms with Gasteiger partial charge in [0.1, 0.15) is 6.10 Å². The van der Waals surface area contributed by atoms with Crippen LogP contribution >= 0.6 is 35.6 Å². The van der Waals surface area contributed by atoms with Gasteiger partial charge in [-0.3, -0.25) is 4.99 Å². The fourth-order valence-corrected chi connectivity index (χ4v) is 3.39. The Kier molecular flexibility index (Phi) is 9.89. The van der Waals surface area contributed by atoms with Gasteiger partial charge in [0, 0.05) is 57.2 Å². The van der Waals surface area contributed by atoms with Gasteiger partial charge in [0.25, 0.3) is 0 Å². The molecule has 3 rings (SSSR count). The quantitative estimate of drug-likeness (QED) is 0.352. The second kappa shape index (κ2) is 12.1. The number of anilines is 1. The van der Waals surface area contributed by atoms with E-state index in [0.29, 0.717) is 11.6 Å². The second-order valence-electron chi connectivity index (χ2n) is 6.50. The second-order valence-corrected chi connectivity index (χ2v) is 6.93. The topological polar surface area (TPSA) is 65.9 Å². The Morgan fingerprint density at radius 3 is 2.55 bits per heavy atom. The van der Waals surface area contributed by atoms with Crippen molar-refractivity contribution < 1.29 is 4.74 Å². The summed E-state index contributed by atoms with van der Waals surface area (Å²) < 4.78 is 5.65. The lowest BCUT2D eigenvalue weighted by Crippen LogP contribution is -2.53. The summed E-state index contributed by atoms with van der Waals surface area (Å²) in [5, 5.41) is 4.10. The predicted molar refractivity (Wildman–Crippen MR) is 128 cm³/mol. The lowest BCUT2D eigenvalue weighted by molar-refractivity contribution is 0.110. The van der Waals surface area contributed by atoms with E-state index in [-0.39, 0.29) is 30.1 Å². The molecule has 0 radical (unpaired) electrons. The van der Waals surface area contributed by atoms with E-state index in [1.165, 1.54) is 0 Å². The summed E-state index contributed by atoms with van der Waals surface area (Å²) in [4.78, 5) is 18.0. The van der Waals surface area contributed by atoms with Crippen molar-refractivity contribution in [3.63, 3.8) is 0 Å². The number of nitrogens with zero attached hydrogens (tertiary/aromatic N) is 5. The number of aromatic nitrogens is 2. The van der Waals surface area contributed by atoms with E-state index >= 15 is 0 Å². The van der Waals surface area contributed by atoms with Crippen LogP contribution in [-0.4, -0.2) is 67.2 Å². The van der Waals surface area contributed by atoms with E-state index in [1.807, 2.05) is 30.3 Å². The Balaban J connectivity index is 0.00000300. The third-order valence-corrected chi connectivity index (χ3v) is 4.90. The van der Waals surface area contributed by atoms with Crippen LogP contribution < -0.4 is 10.2 Å². The van der Waals surface area contributed by atoms with Crippen LogP contribution in [0.1, 0.15) is 18.6 Å². The summed E-state index contributed by atoms with van der Waals surface area (Å²) in [5.41, 5.74) is 1.03. The van der Waals surface area contributed by atoms with Crippen molar-refractivity contribution in [1.29, 1.82) is 0 Å². The fraction of sp³-hybridized carbons (Fsp3) is 0.450. The summed E-state index contributed by atoms with van der Waals surface area (Å²) in [6.45, 7) is 6.86. The van der Waals surface area contributed by atoms with Crippen molar-refractivity contribution in [3.8, 4) is 0 Å². The third kappa shape index (κ3) is 6.68. The van der Waals surface area contributed by atoms with Gasteiger partial charge in [-0.15, -0.1) is 24.0 Å². The molecule has 1 aromatic heterocycles. The molecule has 1 atom stereocenters. The zero-order valence-electron chi connectivity index (χ0n) is 16.8. The average molecular weight is 531 g/mol. The van der Waals surface area contributed by atoms with Gasteiger partial charge < -0.3 is 19.9 Å². The molecule has 0 bridgehead atoms. The molecule has 0 spiro atoms. The highest BCUT2D eigenvalue weighted by molar-refractivity contribution is 14.0. The van der Waals surface area contributed by atoms with Crippen molar-refractivity contribution in [2.24, 2.45) is 4.99 Å². The number of methoxy groups -OCH3 is 1. The summed E-state index contributed by atoms with van der Waals surface area (Å²) >= 11 is 6.12. The maximum atomic E-state index is 6.12. The van der Waals surface area contributed by atoms with Crippen LogP contribution in [0.5, 0.6) is 0 Å². The summed E-state index contributed by atoms with van der Waals surface area (Å²) in [7, 11) is 1.70. The molecule has 1 aromatic carbocycles. The highest BCUT2D eigenvalue weighted by Gasteiger charge is 2.21. The molecule has 1 aliphatic heterocycles. The predicted octanol–water partition coefficient (Wildman–Crippen LogP) is 3.22. The standard InChI is InChI=1S/C20H27ClN6O.HI/c1-3-22-19(25-15-18(28-2)16-6-4-7-17(21)14-16)26-10-12-27(13-11-26)20-23-8-5-9-24-20;/h4-9,14,18H,3,10-13,15H2,1-2H3,(H,22,25);1H. The average Bonchev–Trinajstić information content (AvgIpc) is 2.74. The summed E-state index contributed by atoms with van der Waals surface area (Å²) in [5.74, 6) is 1.68. The van der Waals surface area contributed by atoms with E-state index < -0.39 is 0 Å². The van der Waals surface area contributed by atoms with Crippen LogP contribution in [0.25, 0.3) is 0 Å². The van der Waals surface area contributed by atoms with Gasteiger partial charge in [0.2, 0.25) is 5.95 Å². The number of halogens is 2. The number of aliphatic imine (C=N–C) groups is 1. The largest absolute Gasteiger partial charge is 0.375 e. The Hall–Kier alpha value is -1.65. The van der Waals surface area contributed by atoms with Crippen molar-refractivity contribution in [2.45, 2.75) is 13.0 Å². The minimum atomic E-state index is -0.133. The zero-order chi connectivity index (χ0) is 19.8. The molecule has 2 aromatic rings. The van der Waals surface area contributed by atoms with Crippen LogP contribution in [0.15, 0.2) is 47.7 Å². The zero-order valence-corrected chi connectivity index (χ0v) is 19.9. The number of benzene rings is 1. The van der Waals surface area contributed by atoms with Crippen LogP contribution in [0, 0.1) is 0 Å². The molecule has 1 N–H and O–H groups in total. The highest BCUT2D eigenvalue weighted by Crippen LogP contribution is 2.21. The number of hydrogen-bond donors (Lipinski definition) is 1. The van der Waals surface area contributed by atoms with Crippen LogP contribution in [0.4, 0.5) is 5.95 Å². The number of ether oxygens (including phenoxy) is 1. The number of piperazine rings is 1. The maximum Gasteiger partial charge on any atom is 0.225 e. The van der Waals surface area contributed by atoms with Crippen molar-refractivity contribution in [3.05, 3.63) is 53.3 Å². The minimum Gasteiger partial charge on any atom is -0.375 e. The van der Waals surface area contributed by atoms with Gasteiger partial charge in [-0.25, -0.2) is 9.97 Å². The van der Waals surface area contributed by atoms with Crippen LogP contribution in [-0.2, 0) is 4.74 Å². The van der Waals surface area contributed by atoms with E-state index in [9.17, 15) is 0 Å². The number of guanidine groups is 1. The third-order valence-electron chi connectivity index (χ3n) is 4.66. The molecule has 7 nitrogen and oxygen atoms in total. The monoisotopic (exact) mass is 530 g/mol. The van der Waals surface area contributed by atoms with Gasteiger partial charge in [0.05, 0.1) is 6.54 Å². The lowest BCUT2D eigenvalue weighted by atomic mass is 10.1. The first-order valence-corrected chi connectivity index (χ1v) is 9.92. The minimum absolute atomic E-state index is 0. The lowest BCUT2D eigenvalue weighted by Gasteiger charge is -2.36. The number of nitrogens with one attached hydrogen (secondary N) is 1. The molecular formula is C20H28ClIN6O. The molecule has 1 unspecified atom stereocenters. The first-order chi connectivity index (χ1) is 13.7. The van der Waals surface area contributed by atoms with E-state index in [1.54, 1.807) is 19.5 Å². The van der Waals surface area contributed by atoms with Crippen LogP contribution in [0.2, 0.25) is 5.02 Å². The molecule has 1 aliphatic rings. The first kappa shape index (κ1) is 23.6. The first-order valence-electron chi connectivity index (χ1n) is 9.54. The molecule has 29 heavy (non-hydrogen) atoms. The van der Waals surface area contributed by atoms with Gasteiger partial charge in [-0.05, 0) is 30.7 Å². The normalized spacial score (nSPS) is 15.6. The molecular weight excluding hydrogens is 503 g/mol. The van der Waals surface area contributed by atoms with E-state index in [2.05, 4.69) is 32.0 Å². The Morgan fingerprint density at radius 1 is 1.21 bits per heavy atom. The van der Waals surface area contributed by atoms with Crippen molar-refractivity contribution >= 4 is 47.5 Å². The maximum absolute atomic E-state index is 6.12. The summed E-state index contributed by atoms with van der Waals surface area (Å²) in [6, 6.07) is 9.57. The van der Waals surface area contributed by atoms with Gasteiger partial charge in [-0.1, -0.05) is 23.7 Å². The molecule has 2 heterocycles. The fourth-order valence-electron chi connectivity index (χ4n) is 3.19. The molecule has 0 saturated carbocycles. The van der Waals surface area contributed by atoms with Gasteiger partial charge in [0.15, 0.2) is 5.96 Å². The van der Waals surface area contributed by atoms with Crippen molar-refractivity contribution in [1.82, 2.24) is 20.2 Å². The smallest absolute Gasteiger partial charge is 0.225 e. The number of rotatable bonds is 6. The van der Waals surface area contributed by atoms with E-state index in [4.69, 9.17) is 21.3 Å². The van der Waals surface area contributed by atoms with Crippen LogP contribution in [0.3, 0.4) is 0 Å². The highest BCUT2D eigenvalue weighted by atomic mass is 127. The summed E-state index contributed by atoms with van der Waals surface area (Å²) in [6.07, 6.45) is 3.42. The molecule has 0 amide bonds. The Bertz CT molecular complexity index is 771. The molecule has 9 heteroatoms. The molecule has 0 aliphatic carbocycles.